The number of rotatable bonds is 2. The summed E-state index contributed by atoms with van der Waals surface area (Å²) in [5.74, 6) is 0. The molecule has 0 radical (unpaired) electrons. The summed E-state index contributed by atoms with van der Waals surface area (Å²) in [4.78, 5) is 0. The highest BCUT2D eigenvalue weighted by molar-refractivity contribution is 9.12. The van der Waals surface area contributed by atoms with Crippen molar-refractivity contribution in [3.8, 4) is 0 Å². The number of halogens is 2. The first-order valence-corrected chi connectivity index (χ1v) is 5.07. The first kappa shape index (κ1) is 9.75. The lowest BCUT2D eigenvalue weighted by Gasteiger charge is -1.96. The second-order valence-corrected chi connectivity index (χ2v) is 4.02. The van der Waals surface area contributed by atoms with Crippen LogP contribution in [0.15, 0.2) is 45.9 Å². The maximum absolute atomic E-state index is 3.66. The van der Waals surface area contributed by atoms with Crippen LogP contribution in [0.4, 0.5) is 0 Å². The minimum absolute atomic E-state index is 0.981. The van der Waals surface area contributed by atoms with Gasteiger partial charge in [0.2, 0.25) is 0 Å². The molecule has 0 spiro atoms. The molecule has 0 saturated carbocycles. The van der Waals surface area contributed by atoms with E-state index in [0.29, 0.717) is 0 Å². The Hall–Kier alpha value is -0.340. The summed E-state index contributed by atoms with van der Waals surface area (Å²) >= 11 is 6.82. The second kappa shape index (κ2) is 4.63. The Labute approximate surface area is 89.2 Å². The van der Waals surface area contributed by atoms with Gasteiger partial charge < -0.3 is 0 Å². The molecule has 1 aromatic carbocycles. The Morgan fingerprint density at radius 3 is 2.58 bits per heavy atom. The van der Waals surface area contributed by atoms with Crippen LogP contribution in [0, 0.1) is 0 Å². The Kier molecular flexibility index (Phi) is 3.76. The highest BCUT2D eigenvalue weighted by Gasteiger charge is 1.93. The average Bonchev–Trinajstić information content (AvgIpc) is 2.09. The van der Waals surface area contributed by atoms with Gasteiger partial charge in [0.15, 0.2) is 0 Å². The normalized spacial score (nSPS) is 11.3. The molecule has 0 fully saturated rings. The Morgan fingerprint density at radius 2 is 2.00 bits per heavy atom. The van der Waals surface area contributed by atoms with Gasteiger partial charge in [-0.3, -0.25) is 0 Å². The molecular weight excluding hydrogens is 280 g/mol. The van der Waals surface area contributed by atoms with E-state index in [1.807, 2.05) is 30.3 Å². The fourth-order valence-corrected chi connectivity index (χ4v) is 1.45. The van der Waals surface area contributed by atoms with Crippen molar-refractivity contribution < 1.29 is 0 Å². The van der Waals surface area contributed by atoms with E-state index in [9.17, 15) is 0 Å². The molecule has 1 aromatic rings. The maximum atomic E-state index is 3.66. The minimum Gasteiger partial charge on any atom is -0.0979 e. The van der Waals surface area contributed by atoms with Crippen LogP contribution >= 0.6 is 31.9 Å². The third kappa shape index (κ3) is 2.61. The van der Waals surface area contributed by atoms with E-state index in [1.54, 1.807) is 6.08 Å². The van der Waals surface area contributed by atoms with Gasteiger partial charge in [-0.15, -0.1) is 0 Å². The van der Waals surface area contributed by atoms with Crippen molar-refractivity contribution in [1.82, 2.24) is 0 Å². The predicted molar refractivity (Wildman–Crippen MR) is 61.2 cm³/mol. The summed E-state index contributed by atoms with van der Waals surface area (Å²) < 4.78 is 2.07. The van der Waals surface area contributed by atoms with E-state index in [0.717, 1.165) is 14.5 Å². The molecule has 0 heterocycles. The van der Waals surface area contributed by atoms with E-state index >= 15 is 0 Å². The lowest BCUT2D eigenvalue weighted by atomic mass is 10.2. The zero-order valence-corrected chi connectivity index (χ0v) is 9.60. The summed E-state index contributed by atoms with van der Waals surface area (Å²) in [7, 11) is 0. The second-order valence-electron chi connectivity index (χ2n) is 2.25. The van der Waals surface area contributed by atoms with Crippen molar-refractivity contribution in [2.75, 3.05) is 0 Å². The summed E-state index contributed by atoms with van der Waals surface area (Å²) in [6, 6.07) is 8.03. The SMILES string of the molecule is C=C/C(Br)=C/c1ccccc1Br. The van der Waals surface area contributed by atoms with E-state index in [-0.39, 0.29) is 0 Å². The van der Waals surface area contributed by atoms with Gasteiger partial charge >= 0.3 is 0 Å². The van der Waals surface area contributed by atoms with Crippen LogP contribution < -0.4 is 0 Å². The van der Waals surface area contributed by atoms with Crippen molar-refractivity contribution in [2.24, 2.45) is 0 Å². The van der Waals surface area contributed by atoms with E-state index in [4.69, 9.17) is 0 Å². The van der Waals surface area contributed by atoms with Gasteiger partial charge in [-0.05, 0) is 17.7 Å². The monoisotopic (exact) mass is 286 g/mol. The van der Waals surface area contributed by atoms with Gasteiger partial charge in [0, 0.05) is 8.96 Å². The van der Waals surface area contributed by atoms with Crippen molar-refractivity contribution in [2.45, 2.75) is 0 Å². The smallest absolute Gasteiger partial charge is 0.0248 e. The quantitative estimate of drug-likeness (QED) is 0.709. The van der Waals surface area contributed by atoms with Crippen molar-refractivity contribution in [3.05, 3.63) is 51.4 Å². The van der Waals surface area contributed by atoms with Crippen LogP contribution in [-0.4, -0.2) is 0 Å². The lowest BCUT2D eigenvalue weighted by Crippen LogP contribution is -1.73. The Balaban J connectivity index is 3.04. The molecule has 0 atom stereocenters. The molecule has 0 unspecified atom stereocenters. The minimum atomic E-state index is 0.981. The first-order valence-electron chi connectivity index (χ1n) is 3.48. The largest absolute Gasteiger partial charge is 0.0979 e. The van der Waals surface area contributed by atoms with Crippen LogP contribution in [0.1, 0.15) is 5.56 Å². The van der Waals surface area contributed by atoms with Gasteiger partial charge in [-0.1, -0.05) is 62.7 Å². The van der Waals surface area contributed by atoms with Crippen molar-refractivity contribution in [1.29, 1.82) is 0 Å². The lowest BCUT2D eigenvalue weighted by molar-refractivity contribution is 1.60. The Morgan fingerprint density at radius 1 is 1.33 bits per heavy atom. The third-order valence-corrected chi connectivity index (χ3v) is 2.67. The molecule has 0 saturated heterocycles. The van der Waals surface area contributed by atoms with Gasteiger partial charge in [-0.25, -0.2) is 0 Å². The fraction of sp³-hybridized carbons (Fsp3) is 0. The van der Waals surface area contributed by atoms with E-state index in [1.165, 1.54) is 0 Å². The van der Waals surface area contributed by atoms with Gasteiger partial charge in [0.05, 0.1) is 0 Å². The average molecular weight is 288 g/mol. The molecule has 0 aromatic heterocycles. The molecule has 0 aliphatic rings. The molecule has 0 bridgehead atoms. The molecule has 62 valence electrons. The summed E-state index contributed by atoms with van der Waals surface area (Å²) in [6.07, 6.45) is 3.77. The highest BCUT2D eigenvalue weighted by atomic mass is 79.9. The van der Waals surface area contributed by atoms with Gasteiger partial charge in [0.25, 0.3) is 0 Å². The number of hydrogen-bond donors (Lipinski definition) is 0. The van der Waals surface area contributed by atoms with Crippen molar-refractivity contribution >= 4 is 37.9 Å². The van der Waals surface area contributed by atoms with E-state index < -0.39 is 0 Å². The number of benzene rings is 1. The fourth-order valence-electron chi connectivity index (χ4n) is 0.800. The highest BCUT2D eigenvalue weighted by Crippen LogP contribution is 2.20. The maximum Gasteiger partial charge on any atom is 0.0248 e. The van der Waals surface area contributed by atoms with Crippen LogP contribution in [0.2, 0.25) is 0 Å². The summed E-state index contributed by atoms with van der Waals surface area (Å²) in [5.41, 5.74) is 1.14. The topological polar surface area (TPSA) is 0 Å². The van der Waals surface area contributed by atoms with E-state index in [2.05, 4.69) is 38.4 Å². The zero-order valence-electron chi connectivity index (χ0n) is 6.43. The van der Waals surface area contributed by atoms with Gasteiger partial charge in [0.1, 0.15) is 0 Å². The number of hydrogen-bond acceptors (Lipinski definition) is 0. The Bertz CT molecular complexity index is 313. The molecule has 2 heteroatoms. The summed E-state index contributed by atoms with van der Waals surface area (Å²) in [5, 5.41) is 0. The first-order chi connectivity index (χ1) is 5.74. The molecule has 0 aliphatic carbocycles. The molecular formula is C10H8Br2. The molecule has 12 heavy (non-hydrogen) atoms. The molecule has 0 nitrogen and oxygen atoms in total. The zero-order chi connectivity index (χ0) is 8.97. The number of allylic oxidation sites excluding steroid dienone is 2. The molecule has 0 aliphatic heterocycles. The van der Waals surface area contributed by atoms with Gasteiger partial charge in [-0.2, -0.15) is 0 Å². The summed E-state index contributed by atoms with van der Waals surface area (Å²) in [6.45, 7) is 3.66. The van der Waals surface area contributed by atoms with Crippen LogP contribution in [0.3, 0.4) is 0 Å². The standard InChI is InChI=1S/C10H8Br2/c1-2-9(11)7-8-5-3-4-6-10(8)12/h2-7H,1H2/b9-7-. The molecule has 1 rings (SSSR count). The van der Waals surface area contributed by atoms with Crippen molar-refractivity contribution in [3.63, 3.8) is 0 Å². The molecule has 0 N–H and O–H groups in total. The van der Waals surface area contributed by atoms with Crippen LogP contribution in [-0.2, 0) is 0 Å². The predicted octanol–water partition coefficient (Wildman–Crippen LogP) is 4.37. The molecule has 0 amide bonds. The van der Waals surface area contributed by atoms with Crippen LogP contribution in [0.25, 0.3) is 6.08 Å². The third-order valence-electron chi connectivity index (χ3n) is 1.39. The van der Waals surface area contributed by atoms with Crippen LogP contribution in [0.5, 0.6) is 0 Å².